The first-order valence-electron chi connectivity index (χ1n) is 4.26. The van der Waals surface area contributed by atoms with E-state index in [0.717, 1.165) is 17.1 Å². The minimum Gasteiger partial charge on any atom is -0.497 e. The summed E-state index contributed by atoms with van der Waals surface area (Å²) in [5.41, 5.74) is 6.69. The second-order valence-corrected chi connectivity index (χ2v) is 3.18. The molecule has 1 atom stereocenters. The quantitative estimate of drug-likeness (QED) is 0.781. The Morgan fingerprint density at radius 2 is 2.07 bits per heavy atom. The van der Waals surface area contributed by atoms with E-state index in [1.807, 2.05) is 18.2 Å². The molecule has 0 aliphatic heterocycles. The maximum atomic E-state index is 5.83. The average molecular weight is 216 g/mol. The minimum atomic E-state index is -0.235. The molecule has 14 heavy (non-hydrogen) atoms. The van der Waals surface area contributed by atoms with Crippen molar-refractivity contribution in [2.24, 2.45) is 5.73 Å². The Kier molecular flexibility index (Phi) is 4.04. The van der Waals surface area contributed by atoms with E-state index in [1.54, 1.807) is 14.2 Å². The van der Waals surface area contributed by atoms with Crippen LogP contribution in [0.15, 0.2) is 18.2 Å². The Labute approximate surface area is 88.8 Å². The lowest BCUT2D eigenvalue weighted by atomic mass is 10.1. The molecular formula is C10H14ClNO2. The molecule has 0 fully saturated rings. The molecule has 4 heteroatoms. The van der Waals surface area contributed by atoms with E-state index in [0.29, 0.717) is 5.88 Å². The Balaban J connectivity index is 3.08. The maximum Gasteiger partial charge on any atom is 0.123 e. The number of ether oxygens (including phenoxy) is 2. The summed E-state index contributed by atoms with van der Waals surface area (Å²) in [6.45, 7) is 0. The summed E-state index contributed by atoms with van der Waals surface area (Å²) in [7, 11) is 3.21. The van der Waals surface area contributed by atoms with Crippen molar-refractivity contribution in [1.29, 1.82) is 0 Å². The van der Waals surface area contributed by atoms with Crippen LogP contribution in [0.3, 0.4) is 0 Å². The Hall–Kier alpha value is -0.930. The van der Waals surface area contributed by atoms with E-state index in [-0.39, 0.29) is 6.04 Å². The number of halogens is 1. The molecule has 0 saturated heterocycles. The highest BCUT2D eigenvalue weighted by Crippen LogP contribution is 2.28. The summed E-state index contributed by atoms with van der Waals surface area (Å²) < 4.78 is 10.3. The first-order valence-corrected chi connectivity index (χ1v) is 4.79. The standard InChI is InChI=1S/C10H14ClNO2/c1-13-7-3-4-10(14-2)8(5-7)9(12)6-11/h3-5,9H,6,12H2,1-2H3. The van der Waals surface area contributed by atoms with Gasteiger partial charge in [-0.05, 0) is 18.2 Å². The number of nitrogens with two attached hydrogens (primary N) is 1. The predicted molar refractivity (Wildman–Crippen MR) is 57.2 cm³/mol. The predicted octanol–water partition coefficient (Wildman–Crippen LogP) is 1.94. The van der Waals surface area contributed by atoms with Crippen molar-refractivity contribution in [3.05, 3.63) is 23.8 Å². The molecule has 1 unspecified atom stereocenters. The summed E-state index contributed by atoms with van der Waals surface area (Å²) in [4.78, 5) is 0. The fourth-order valence-corrected chi connectivity index (χ4v) is 1.38. The summed E-state index contributed by atoms with van der Waals surface area (Å²) in [5, 5.41) is 0. The zero-order chi connectivity index (χ0) is 10.6. The maximum absolute atomic E-state index is 5.83. The van der Waals surface area contributed by atoms with Gasteiger partial charge >= 0.3 is 0 Å². The zero-order valence-electron chi connectivity index (χ0n) is 8.29. The van der Waals surface area contributed by atoms with E-state index < -0.39 is 0 Å². The van der Waals surface area contributed by atoms with Crippen molar-refractivity contribution in [3.63, 3.8) is 0 Å². The van der Waals surface area contributed by atoms with Crippen LogP contribution in [-0.2, 0) is 0 Å². The highest BCUT2D eigenvalue weighted by molar-refractivity contribution is 6.18. The molecule has 0 radical (unpaired) electrons. The second kappa shape index (κ2) is 5.08. The SMILES string of the molecule is COc1ccc(OC)c(C(N)CCl)c1. The molecule has 1 rings (SSSR count). The summed E-state index contributed by atoms with van der Waals surface area (Å²) in [6, 6.07) is 5.25. The second-order valence-electron chi connectivity index (χ2n) is 2.87. The molecule has 0 aliphatic carbocycles. The molecule has 0 spiro atoms. The molecule has 0 amide bonds. The van der Waals surface area contributed by atoms with Gasteiger partial charge < -0.3 is 15.2 Å². The number of hydrogen-bond donors (Lipinski definition) is 1. The molecule has 1 aromatic carbocycles. The van der Waals surface area contributed by atoms with Gasteiger partial charge in [-0.2, -0.15) is 0 Å². The number of rotatable bonds is 4. The average Bonchev–Trinajstić information content (AvgIpc) is 2.27. The minimum absolute atomic E-state index is 0.235. The molecule has 0 bridgehead atoms. The lowest BCUT2D eigenvalue weighted by molar-refractivity contribution is 0.396. The van der Waals surface area contributed by atoms with Crippen LogP contribution in [0.4, 0.5) is 0 Å². The lowest BCUT2D eigenvalue weighted by Gasteiger charge is -2.14. The van der Waals surface area contributed by atoms with Crippen LogP contribution in [0.25, 0.3) is 0 Å². The van der Waals surface area contributed by atoms with Crippen LogP contribution in [0.5, 0.6) is 11.5 Å². The van der Waals surface area contributed by atoms with Crippen molar-refractivity contribution in [3.8, 4) is 11.5 Å². The van der Waals surface area contributed by atoms with Gasteiger partial charge in [0.2, 0.25) is 0 Å². The molecule has 0 saturated carbocycles. The molecule has 2 N–H and O–H groups in total. The van der Waals surface area contributed by atoms with Gasteiger partial charge in [0.05, 0.1) is 14.2 Å². The van der Waals surface area contributed by atoms with Gasteiger partial charge in [0.1, 0.15) is 11.5 Å². The normalized spacial score (nSPS) is 12.3. The van der Waals surface area contributed by atoms with E-state index in [1.165, 1.54) is 0 Å². The molecule has 0 aromatic heterocycles. The van der Waals surface area contributed by atoms with Crippen molar-refractivity contribution < 1.29 is 9.47 Å². The molecular weight excluding hydrogens is 202 g/mol. The number of hydrogen-bond acceptors (Lipinski definition) is 3. The number of alkyl halides is 1. The fourth-order valence-electron chi connectivity index (χ4n) is 1.21. The van der Waals surface area contributed by atoms with E-state index in [4.69, 9.17) is 26.8 Å². The van der Waals surface area contributed by atoms with Crippen LogP contribution < -0.4 is 15.2 Å². The third-order valence-corrected chi connectivity index (χ3v) is 2.34. The number of methoxy groups -OCH3 is 2. The molecule has 0 heterocycles. The smallest absolute Gasteiger partial charge is 0.123 e. The van der Waals surface area contributed by atoms with Gasteiger partial charge in [-0.1, -0.05) is 0 Å². The van der Waals surface area contributed by atoms with Crippen LogP contribution in [0.1, 0.15) is 11.6 Å². The van der Waals surface area contributed by atoms with E-state index in [2.05, 4.69) is 0 Å². The van der Waals surface area contributed by atoms with Gasteiger partial charge in [0, 0.05) is 17.5 Å². The van der Waals surface area contributed by atoms with Crippen molar-refractivity contribution in [2.45, 2.75) is 6.04 Å². The topological polar surface area (TPSA) is 44.5 Å². The zero-order valence-corrected chi connectivity index (χ0v) is 9.04. The van der Waals surface area contributed by atoms with Gasteiger partial charge in [0.15, 0.2) is 0 Å². The summed E-state index contributed by atoms with van der Waals surface area (Å²) in [5.74, 6) is 1.84. The first kappa shape index (κ1) is 11.1. The third kappa shape index (κ3) is 2.30. The molecule has 1 aromatic rings. The monoisotopic (exact) mass is 215 g/mol. The van der Waals surface area contributed by atoms with Gasteiger partial charge in [-0.25, -0.2) is 0 Å². The van der Waals surface area contributed by atoms with E-state index in [9.17, 15) is 0 Å². The Bertz CT molecular complexity index is 304. The van der Waals surface area contributed by atoms with Gasteiger partial charge in [-0.15, -0.1) is 11.6 Å². The Morgan fingerprint density at radius 1 is 1.36 bits per heavy atom. The summed E-state index contributed by atoms with van der Waals surface area (Å²) >= 11 is 5.69. The highest BCUT2D eigenvalue weighted by Gasteiger charge is 2.11. The number of benzene rings is 1. The lowest BCUT2D eigenvalue weighted by Crippen LogP contribution is -2.13. The summed E-state index contributed by atoms with van der Waals surface area (Å²) in [6.07, 6.45) is 0. The van der Waals surface area contributed by atoms with Crippen LogP contribution in [-0.4, -0.2) is 20.1 Å². The van der Waals surface area contributed by atoms with Crippen LogP contribution >= 0.6 is 11.6 Å². The largest absolute Gasteiger partial charge is 0.497 e. The van der Waals surface area contributed by atoms with Crippen molar-refractivity contribution in [2.75, 3.05) is 20.1 Å². The van der Waals surface area contributed by atoms with Gasteiger partial charge in [0.25, 0.3) is 0 Å². The van der Waals surface area contributed by atoms with Gasteiger partial charge in [-0.3, -0.25) is 0 Å². The van der Waals surface area contributed by atoms with Crippen LogP contribution in [0.2, 0.25) is 0 Å². The third-order valence-electron chi connectivity index (χ3n) is 2.00. The Morgan fingerprint density at radius 3 is 2.57 bits per heavy atom. The molecule has 0 aliphatic rings. The van der Waals surface area contributed by atoms with Crippen LogP contribution in [0, 0.1) is 0 Å². The fraction of sp³-hybridized carbons (Fsp3) is 0.400. The first-order chi connectivity index (χ1) is 6.72. The van der Waals surface area contributed by atoms with Crippen molar-refractivity contribution >= 4 is 11.6 Å². The molecule has 78 valence electrons. The molecule has 3 nitrogen and oxygen atoms in total. The highest BCUT2D eigenvalue weighted by atomic mass is 35.5. The van der Waals surface area contributed by atoms with Crippen molar-refractivity contribution in [1.82, 2.24) is 0 Å². The van der Waals surface area contributed by atoms with E-state index >= 15 is 0 Å².